The van der Waals surface area contributed by atoms with Crippen LogP contribution in [-0.2, 0) is 6.18 Å². The lowest BCUT2D eigenvalue weighted by Gasteiger charge is -2.07. The Labute approximate surface area is 102 Å². The SMILES string of the molecule is O=C(NCCCCO)c1ccc(C(F)(F)F)nc1. The molecule has 0 aliphatic heterocycles. The molecule has 1 rings (SSSR count). The van der Waals surface area contributed by atoms with Gasteiger partial charge in [0.15, 0.2) is 0 Å². The second kappa shape index (κ2) is 6.34. The quantitative estimate of drug-likeness (QED) is 0.792. The van der Waals surface area contributed by atoms with Crippen molar-refractivity contribution < 1.29 is 23.1 Å². The zero-order valence-electron chi connectivity index (χ0n) is 9.50. The molecule has 0 saturated carbocycles. The van der Waals surface area contributed by atoms with E-state index in [-0.39, 0.29) is 12.2 Å². The maximum atomic E-state index is 12.2. The molecule has 0 radical (unpaired) electrons. The molecule has 0 unspecified atom stereocenters. The number of carbonyl (C=O) groups excluding carboxylic acids is 1. The molecule has 0 fully saturated rings. The summed E-state index contributed by atoms with van der Waals surface area (Å²) in [6.45, 7) is 0.401. The van der Waals surface area contributed by atoms with Crippen LogP contribution < -0.4 is 5.32 Å². The first-order chi connectivity index (χ1) is 8.45. The number of carbonyl (C=O) groups is 1. The molecular formula is C11H13F3N2O2. The number of aliphatic hydroxyl groups is 1. The first-order valence-electron chi connectivity index (χ1n) is 5.37. The van der Waals surface area contributed by atoms with Gasteiger partial charge >= 0.3 is 6.18 Å². The Morgan fingerprint density at radius 1 is 1.33 bits per heavy atom. The Morgan fingerprint density at radius 3 is 2.56 bits per heavy atom. The highest BCUT2D eigenvalue weighted by Crippen LogP contribution is 2.27. The van der Waals surface area contributed by atoms with Crippen molar-refractivity contribution in [2.45, 2.75) is 19.0 Å². The van der Waals surface area contributed by atoms with Crippen LogP contribution in [0.25, 0.3) is 0 Å². The van der Waals surface area contributed by atoms with Crippen LogP contribution >= 0.6 is 0 Å². The molecule has 0 bridgehead atoms. The lowest BCUT2D eigenvalue weighted by Crippen LogP contribution is -2.25. The van der Waals surface area contributed by atoms with E-state index >= 15 is 0 Å². The van der Waals surface area contributed by atoms with Gasteiger partial charge in [0.2, 0.25) is 0 Å². The van der Waals surface area contributed by atoms with E-state index in [1.165, 1.54) is 0 Å². The number of aromatic nitrogens is 1. The van der Waals surface area contributed by atoms with Gasteiger partial charge in [-0.15, -0.1) is 0 Å². The molecule has 0 saturated heterocycles. The first kappa shape index (κ1) is 14.4. The second-order valence-corrected chi connectivity index (χ2v) is 3.62. The number of nitrogens with one attached hydrogen (secondary N) is 1. The zero-order chi connectivity index (χ0) is 13.6. The van der Waals surface area contributed by atoms with E-state index in [9.17, 15) is 18.0 Å². The second-order valence-electron chi connectivity index (χ2n) is 3.62. The molecular weight excluding hydrogens is 249 g/mol. The maximum absolute atomic E-state index is 12.2. The molecule has 4 nitrogen and oxygen atoms in total. The summed E-state index contributed by atoms with van der Waals surface area (Å²) in [6, 6.07) is 1.85. The molecule has 7 heteroatoms. The number of halogens is 3. The minimum Gasteiger partial charge on any atom is -0.396 e. The fourth-order valence-electron chi connectivity index (χ4n) is 1.24. The molecule has 1 aromatic heterocycles. The van der Waals surface area contributed by atoms with Crippen molar-refractivity contribution in [2.75, 3.05) is 13.2 Å². The summed E-state index contributed by atoms with van der Waals surface area (Å²) in [5, 5.41) is 11.0. The van der Waals surface area contributed by atoms with Gasteiger partial charge in [0.1, 0.15) is 5.69 Å². The highest BCUT2D eigenvalue weighted by Gasteiger charge is 2.32. The highest BCUT2D eigenvalue weighted by atomic mass is 19.4. The number of hydrogen-bond donors (Lipinski definition) is 2. The number of pyridine rings is 1. The first-order valence-corrected chi connectivity index (χ1v) is 5.37. The third-order valence-electron chi connectivity index (χ3n) is 2.19. The number of unbranched alkanes of at least 4 members (excludes halogenated alkanes) is 1. The average molecular weight is 262 g/mol. The summed E-state index contributed by atoms with van der Waals surface area (Å²) in [5.41, 5.74) is -0.952. The van der Waals surface area contributed by atoms with E-state index in [0.29, 0.717) is 19.4 Å². The van der Waals surface area contributed by atoms with Gasteiger partial charge in [0.05, 0.1) is 5.56 Å². The molecule has 1 aromatic rings. The molecule has 0 aromatic carbocycles. The minimum atomic E-state index is -4.50. The molecule has 0 spiro atoms. The van der Waals surface area contributed by atoms with E-state index in [1.807, 2.05) is 0 Å². The lowest BCUT2D eigenvalue weighted by atomic mass is 10.2. The van der Waals surface area contributed by atoms with E-state index in [1.54, 1.807) is 0 Å². The Balaban J connectivity index is 2.54. The molecule has 0 atom stereocenters. The number of alkyl halides is 3. The molecule has 1 heterocycles. The van der Waals surface area contributed by atoms with Gasteiger partial charge in [-0.1, -0.05) is 0 Å². The van der Waals surface area contributed by atoms with E-state index in [4.69, 9.17) is 5.11 Å². The van der Waals surface area contributed by atoms with Crippen molar-refractivity contribution in [1.82, 2.24) is 10.3 Å². The van der Waals surface area contributed by atoms with Crippen molar-refractivity contribution in [3.05, 3.63) is 29.6 Å². The molecule has 100 valence electrons. The predicted octanol–water partition coefficient (Wildman–Crippen LogP) is 1.60. The molecule has 0 aliphatic carbocycles. The Morgan fingerprint density at radius 2 is 2.06 bits per heavy atom. The highest BCUT2D eigenvalue weighted by molar-refractivity contribution is 5.93. The van der Waals surface area contributed by atoms with Crippen LogP contribution in [0.15, 0.2) is 18.3 Å². The van der Waals surface area contributed by atoms with Gasteiger partial charge in [-0.3, -0.25) is 9.78 Å². The zero-order valence-corrected chi connectivity index (χ0v) is 9.50. The number of hydrogen-bond acceptors (Lipinski definition) is 3. The standard InChI is InChI=1S/C11H13F3N2O2/c12-11(13,14)9-4-3-8(7-16-9)10(18)15-5-1-2-6-17/h3-4,7,17H,1-2,5-6H2,(H,15,18). The largest absolute Gasteiger partial charge is 0.433 e. The van der Waals surface area contributed by atoms with Crippen molar-refractivity contribution >= 4 is 5.91 Å². The molecule has 18 heavy (non-hydrogen) atoms. The van der Waals surface area contributed by atoms with Gasteiger partial charge in [0, 0.05) is 19.3 Å². The maximum Gasteiger partial charge on any atom is 0.433 e. The number of aliphatic hydroxyl groups excluding tert-OH is 1. The Kier molecular flexibility index (Phi) is 5.08. The summed E-state index contributed by atoms with van der Waals surface area (Å²) in [5.74, 6) is -0.478. The van der Waals surface area contributed by atoms with Gasteiger partial charge in [-0.05, 0) is 25.0 Å². The van der Waals surface area contributed by atoms with Crippen LogP contribution in [0.1, 0.15) is 28.9 Å². The summed E-state index contributed by atoms with van der Waals surface area (Å²) in [4.78, 5) is 14.7. The normalized spacial score (nSPS) is 11.3. The Bertz CT molecular complexity index is 390. The van der Waals surface area contributed by atoms with E-state index in [2.05, 4.69) is 10.3 Å². The third-order valence-corrected chi connectivity index (χ3v) is 2.19. The van der Waals surface area contributed by atoms with Gasteiger partial charge < -0.3 is 10.4 Å². The van der Waals surface area contributed by atoms with Crippen LogP contribution in [0, 0.1) is 0 Å². The van der Waals surface area contributed by atoms with Crippen LogP contribution in [-0.4, -0.2) is 29.1 Å². The van der Waals surface area contributed by atoms with E-state index in [0.717, 1.165) is 18.3 Å². The number of amides is 1. The average Bonchev–Trinajstić information content (AvgIpc) is 2.33. The van der Waals surface area contributed by atoms with Gasteiger partial charge in [0.25, 0.3) is 5.91 Å². The summed E-state index contributed by atoms with van der Waals surface area (Å²) in [7, 11) is 0. The smallest absolute Gasteiger partial charge is 0.396 e. The molecule has 2 N–H and O–H groups in total. The molecule has 1 amide bonds. The van der Waals surface area contributed by atoms with Crippen molar-refractivity contribution in [2.24, 2.45) is 0 Å². The predicted molar refractivity (Wildman–Crippen MR) is 57.9 cm³/mol. The minimum absolute atomic E-state index is 0.0394. The van der Waals surface area contributed by atoms with Gasteiger partial charge in [-0.25, -0.2) is 0 Å². The summed E-state index contributed by atoms with van der Waals surface area (Å²) in [6.07, 6.45) is -2.44. The Hall–Kier alpha value is -1.63. The van der Waals surface area contributed by atoms with Crippen LogP contribution in [0.4, 0.5) is 13.2 Å². The number of nitrogens with zero attached hydrogens (tertiary/aromatic N) is 1. The van der Waals surface area contributed by atoms with Crippen LogP contribution in [0.5, 0.6) is 0 Å². The summed E-state index contributed by atoms with van der Waals surface area (Å²) >= 11 is 0. The summed E-state index contributed by atoms with van der Waals surface area (Å²) < 4.78 is 36.7. The van der Waals surface area contributed by atoms with Crippen LogP contribution in [0.2, 0.25) is 0 Å². The monoisotopic (exact) mass is 262 g/mol. The lowest BCUT2D eigenvalue weighted by molar-refractivity contribution is -0.141. The van der Waals surface area contributed by atoms with Crippen molar-refractivity contribution in [1.29, 1.82) is 0 Å². The third kappa shape index (κ3) is 4.33. The topological polar surface area (TPSA) is 62.2 Å². The van der Waals surface area contributed by atoms with Crippen molar-refractivity contribution in [3.8, 4) is 0 Å². The van der Waals surface area contributed by atoms with Crippen LogP contribution in [0.3, 0.4) is 0 Å². The van der Waals surface area contributed by atoms with E-state index < -0.39 is 17.8 Å². The fraction of sp³-hybridized carbons (Fsp3) is 0.455. The number of rotatable bonds is 5. The molecule has 0 aliphatic rings. The van der Waals surface area contributed by atoms with Gasteiger partial charge in [-0.2, -0.15) is 13.2 Å². The van der Waals surface area contributed by atoms with Crippen molar-refractivity contribution in [3.63, 3.8) is 0 Å². The fourth-order valence-corrected chi connectivity index (χ4v) is 1.24.